The van der Waals surface area contributed by atoms with Gasteiger partial charge in [-0.1, -0.05) is 13.3 Å². The summed E-state index contributed by atoms with van der Waals surface area (Å²) in [7, 11) is 0. The average Bonchev–Trinajstić information content (AvgIpc) is 2.88. The Labute approximate surface area is 137 Å². The molecule has 7 heteroatoms. The summed E-state index contributed by atoms with van der Waals surface area (Å²) in [6.07, 6.45) is 6.52. The van der Waals surface area contributed by atoms with E-state index in [0.29, 0.717) is 19.4 Å². The molecular weight excluding hydrogens is 294 g/mol. The van der Waals surface area contributed by atoms with Gasteiger partial charge in [-0.25, -0.2) is 9.67 Å². The molecular formula is C16H27N5O2. The van der Waals surface area contributed by atoms with Crippen LogP contribution in [0.1, 0.15) is 64.2 Å². The number of carbonyl (C=O) groups excluding carboxylic acids is 2. The third kappa shape index (κ3) is 5.04. The number of hydrogen-bond acceptors (Lipinski definition) is 4. The number of amides is 2. The van der Waals surface area contributed by atoms with E-state index in [-0.39, 0.29) is 17.9 Å². The molecule has 1 aromatic heterocycles. The quantitative estimate of drug-likeness (QED) is 0.828. The van der Waals surface area contributed by atoms with Crippen molar-refractivity contribution in [3.05, 3.63) is 12.2 Å². The van der Waals surface area contributed by atoms with E-state index >= 15 is 0 Å². The van der Waals surface area contributed by atoms with Crippen molar-refractivity contribution in [1.29, 1.82) is 0 Å². The van der Waals surface area contributed by atoms with Crippen molar-refractivity contribution in [3.63, 3.8) is 0 Å². The van der Waals surface area contributed by atoms with E-state index in [1.54, 1.807) is 0 Å². The maximum Gasteiger partial charge on any atom is 0.222 e. The van der Waals surface area contributed by atoms with Crippen molar-refractivity contribution in [3.8, 4) is 0 Å². The van der Waals surface area contributed by atoms with Crippen LogP contribution in [-0.4, -0.2) is 44.6 Å². The first-order chi connectivity index (χ1) is 11.1. The third-order valence-electron chi connectivity index (χ3n) is 4.13. The van der Waals surface area contributed by atoms with Gasteiger partial charge in [0.25, 0.3) is 0 Å². The van der Waals surface area contributed by atoms with Crippen molar-refractivity contribution < 1.29 is 9.59 Å². The smallest absolute Gasteiger partial charge is 0.222 e. The lowest BCUT2D eigenvalue weighted by molar-refractivity contribution is -0.131. The molecule has 7 nitrogen and oxygen atoms in total. The molecule has 1 aromatic rings. The summed E-state index contributed by atoms with van der Waals surface area (Å²) in [4.78, 5) is 30.1. The molecule has 2 amide bonds. The summed E-state index contributed by atoms with van der Waals surface area (Å²) in [6.45, 7) is 6.04. The van der Waals surface area contributed by atoms with Gasteiger partial charge >= 0.3 is 0 Å². The normalized spacial score (nSPS) is 17.0. The SMILES string of the molecule is CCCn1ncnc1[C@@H](C)NC(=O)CCN1CCCCCC1=O. The summed E-state index contributed by atoms with van der Waals surface area (Å²) in [5.74, 6) is 0.887. The van der Waals surface area contributed by atoms with Gasteiger partial charge in [-0.05, 0) is 26.2 Å². The fraction of sp³-hybridized carbons (Fsp3) is 0.750. The number of aryl methyl sites for hydroxylation is 1. The second-order valence-electron chi connectivity index (χ2n) is 6.07. The third-order valence-corrected chi connectivity index (χ3v) is 4.13. The Morgan fingerprint density at radius 1 is 1.35 bits per heavy atom. The largest absolute Gasteiger partial charge is 0.346 e. The fourth-order valence-electron chi connectivity index (χ4n) is 2.88. The Morgan fingerprint density at radius 3 is 2.96 bits per heavy atom. The van der Waals surface area contributed by atoms with E-state index in [1.807, 2.05) is 16.5 Å². The zero-order chi connectivity index (χ0) is 16.7. The van der Waals surface area contributed by atoms with E-state index in [1.165, 1.54) is 6.33 Å². The van der Waals surface area contributed by atoms with E-state index in [0.717, 1.165) is 44.6 Å². The molecule has 1 N–H and O–H groups in total. The number of rotatable bonds is 7. The highest BCUT2D eigenvalue weighted by molar-refractivity contribution is 5.79. The van der Waals surface area contributed by atoms with Crippen molar-refractivity contribution in [2.45, 2.75) is 65.0 Å². The lowest BCUT2D eigenvalue weighted by Gasteiger charge is -2.21. The minimum Gasteiger partial charge on any atom is -0.346 e. The van der Waals surface area contributed by atoms with Gasteiger partial charge in [0, 0.05) is 32.5 Å². The van der Waals surface area contributed by atoms with Gasteiger partial charge in [-0.3, -0.25) is 9.59 Å². The average molecular weight is 321 g/mol. The topological polar surface area (TPSA) is 80.1 Å². The summed E-state index contributed by atoms with van der Waals surface area (Å²) < 4.78 is 1.82. The van der Waals surface area contributed by atoms with Gasteiger partial charge in [0.1, 0.15) is 12.2 Å². The molecule has 0 aromatic carbocycles. The van der Waals surface area contributed by atoms with E-state index in [4.69, 9.17) is 0 Å². The Hall–Kier alpha value is -1.92. The van der Waals surface area contributed by atoms with Crippen molar-refractivity contribution in [2.24, 2.45) is 0 Å². The molecule has 0 bridgehead atoms. The minimum atomic E-state index is -0.184. The predicted molar refractivity (Wildman–Crippen MR) is 86.5 cm³/mol. The first-order valence-corrected chi connectivity index (χ1v) is 8.56. The standard InChI is InChI=1S/C16H27N5O2/c1-3-9-21-16(17-12-18-21)13(2)19-14(22)8-11-20-10-6-4-5-7-15(20)23/h12-13H,3-11H2,1-2H3,(H,19,22)/t13-/m1/s1. The van der Waals surface area contributed by atoms with Crippen molar-refractivity contribution >= 4 is 11.8 Å². The first kappa shape index (κ1) is 17.4. The molecule has 1 aliphatic heterocycles. The zero-order valence-electron chi connectivity index (χ0n) is 14.1. The van der Waals surface area contributed by atoms with Crippen LogP contribution in [-0.2, 0) is 16.1 Å². The van der Waals surface area contributed by atoms with E-state index < -0.39 is 0 Å². The number of aromatic nitrogens is 3. The van der Waals surface area contributed by atoms with Crippen LogP contribution in [0.5, 0.6) is 0 Å². The number of nitrogens with one attached hydrogen (secondary N) is 1. The lowest BCUT2D eigenvalue weighted by atomic mass is 10.2. The molecule has 2 rings (SSSR count). The Morgan fingerprint density at radius 2 is 2.17 bits per heavy atom. The van der Waals surface area contributed by atoms with Gasteiger partial charge in [-0.2, -0.15) is 5.10 Å². The second-order valence-corrected chi connectivity index (χ2v) is 6.07. The van der Waals surface area contributed by atoms with E-state index in [9.17, 15) is 9.59 Å². The highest BCUT2D eigenvalue weighted by Crippen LogP contribution is 2.12. The zero-order valence-corrected chi connectivity index (χ0v) is 14.1. The number of hydrogen-bond donors (Lipinski definition) is 1. The van der Waals surface area contributed by atoms with Crippen LogP contribution in [0.15, 0.2) is 6.33 Å². The molecule has 0 unspecified atom stereocenters. The molecule has 0 saturated carbocycles. The molecule has 0 aliphatic carbocycles. The molecule has 1 saturated heterocycles. The van der Waals surface area contributed by atoms with Crippen LogP contribution in [0.25, 0.3) is 0 Å². The highest BCUT2D eigenvalue weighted by atomic mass is 16.2. The van der Waals surface area contributed by atoms with Gasteiger partial charge in [0.05, 0.1) is 6.04 Å². The summed E-state index contributed by atoms with van der Waals surface area (Å²) >= 11 is 0. The van der Waals surface area contributed by atoms with Crippen LogP contribution < -0.4 is 5.32 Å². The van der Waals surface area contributed by atoms with Crippen molar-refractivity contribution in [2.75, 3.05) is 13.1 Å². The maximum atomic E-state index is 12.1. The van der Waals surface area contributed by atoms with E-state index in [2.05, 4.69) is 22.3 Å². The van der Waals surface area contributed by atoms with Gasteiger partial charge in [0.15, 0.2) is 0 Å². The number of nitrogens with zero attached hydrogens (tertiary/aromatic N) is 4. The maximum absolute atomic E-state index is 12.1. The van der Waals surface area contributed by atoms with Crippen LogP contribution in [0, 0.1) is 0 Å². The predicted octanol–water partition coefficient (Wildman–Crippen LogP) is 1.66. The molecule has 0 spiro atoms. The number of carbonyl (C=O) groups is 2. The molecule has 23 heavy (non-hydrogen) atoms. The number of likely N-dealkylation sites (tertiary alicyclic amines) is 1. The van der Waals surface area contributed by atoms with Crippen molar-refractivity contribution in [1.82, 2.24) is 25.0 Å². The van der Waals surface area contributed by atoms with Crippen LogP contribution in [0.3, 0.4) is 0 Å². The first-order valence-electron chi connectivity index (χ1n) is 8.56. The summed E-state index contributed by atoms with van der Waals surface area (Å²) in [5, 5.41) is 7.13. The van der Waals surface area contributed by atoms with Gasteiger partial charge in [-0.15, -0.1) is 0 Å². The van der Waals surface area contributed by atoms with Gasteiger partial charge < -0.3 is 10.2 Å². The molecule has 2 heterocycles. The van der Waals surface area contributed by atoms with Crippen LogP contribution in [0.4, 0.5) is 0 Å². The summed E-state index contributed by atoms with van der Waals surface area (Å²) in [6, 6.07) is -0.184. The van der Waals surface area contributed by atoms with Crippen LogP contribution in [0.2, 0.25) is 0 Å². The molecule has 0 radical (unpaired) electrons. The molecule has 1 aliphatic rings. The lowest BCUT2D eigenvalue weighted by Crippen LogP contribution is -2.36. The van der Waals surface area contributed by atoms with Gasteiger partial charge in [0.2, 0.25) is 11.8 Å². The molecule has 1 atom stereocenters. The summed E-state index contributed by atoms with van der Waals surface area (Å²) in [5.41, 5.74) is 0. The van der Waals surface area contributed by atoms with Crippen LogP contribution >= 0.6 is 0 Å². The fourth-order valence-corrected chi connectivity index (χ4v) is 2.88. The Bertz CT molecular complexity index is 528. The second kappa shape index (κ2) is 8.64. The molecule has 1 fully saturated rings. The Balaban J connectivity index is 1.81. The Kier molecular flexibility index (Phi) is 6.55. The highest BCUT2D eigenvalue weighted by Gasteiger charge is 2.19. The monoisotopic (exact) mass is 321 g/mol. The minimum absolute atomic E-state index is 0.0550. The molecule has 128 valence electrons.